The first-order valence-corrected chi connectivity index (χ1v) is 13.7. The molecule has 2 amide bonds. The van der Waals surface area contributed by atoms with E-state index < -0.39 is 21.9 Å². The third kappa shape index (κ3) is 8.65. The Morgan fingerprint density at radius 2 is 1.71 bits per heavy atom. The van der Waals surface area contributed by atoms with E-state index in [4.69, 9.17) is 0 Å². The molecular formula is C26H36FN3O4S. The molecule has 2 aromatic carbocycles. The molecule has 1 N–H and O–H groups in total. The van der Waals surface area contributed by atoms with E-state index in [1.165, 1.54) is 23.1 Å². The van der Waals surface area contributed by atoms with Gasteiger partial charge in [0.2, 0.25) is 21.8 Å². The Labute approximate surface area is 208 Å². The minimum absolute atomic E-state index is 0.0128. The Morgan fingerprint density at radius 3 is 2.31 bits per heavy atom. The molecule has 0 saturated heterocycles. The number of halogens is 1. The molecule has 0 bridgehead atoms. The lowest BCUT2D eigenvalue weighted by Crippen LogP contribution is -2.48. The summed E-state index contributed by atoms with van der Waals surface area (Å²) in [6.07, 6.45) is 2.99. The van der Waals surface area contributed by atoms with Crippen LogP contribution in [0.3, 0.4) is 0 Å². The number of benzene rings is 2. The van der Waals surface area contributed by atoms with Gasteiger partial charge in [-0.1, -0.05) is 55.3 Å². The number of hydrogen-bond donors (Lipinski definition) is 1. The van der Waals surface area contributed by atoms with Gasteiger partial charge in [-0.2, -0.15) is 0 Å². The zero-order chi connectivity index (χ0) is 26.0. The number of aryl methyl sites for hydroxylation is 1. The summed E-state index contributed by atoms with van der Waals surface area (Å²) in [5, 5.41) is 2.87. The second-order valence-corrected chi connectivity index (χ2v) is 10.6. The molecule has 0 heterocycles. The summed E-state index contributed by atoms with van der Waals surface area (Å²) in [5.41, 5.74) is 1.93. The molecule has 1 atom stereocenters. The highest BCUT2D eigenvalue weighted by molar-refractivity contribution is 7.92. The zero-order valence-electron chi connectivity index (χ0n) is 21.0. The van der Waals surface area contributed by atoms with Gasteiger partial charge in [-0.25, -0.2) is 12.8 Å². The standard InChI is InChI=1S/C26H36FN3O4S/c1-5-6-17-28-26(32)21(3)29(19-22-15-13-20(2)14-16-22)25(31)12-9-18-30(35(4,33)34)24-11-8-7-10-23(24)27/h7-8,10-11,13-16,21H,5-6,9,12,17-19H2,1-4H3,(H,28,32). The van der Waals surface area contributed by atoms with Crippen molar-refractivity contribution >= 4 is 27.5 Å². The van der Waals surface area contributed by atoms with Crippen molar-refractivity contribution in [1.29, 1.82) is 0 Å². The molecule has 0 spiro atoms. The van der Waals surface area contributed by atoms with Crippen LogP contribution in [0.2, 0.25) is 0 Å². The Hall–Kier alpha value is -2.94. The minimum atomic E-state index is -3.75. The summed E-state index contributed by atoms with van der Waals surface area (Å²) in [4.78, 5) is 27.5. The van der Waals surface area contributed by atoms with Gasteiger partial charge in [0.25, 0.3) is 0 Å². The van der Waals surface area contributed by atoms with Crippen LogP contribution < -0.4 is 9.62 Å². The number of para-hydroxylation sites is 1. The molecule has 192 valence electrons. The lowest BCUT2D eigenvalue weighted by Gasteiger charge is -2.29. The predicted octanol–water partition coefficient (Wildman–Crippen LogP) is 4.01. The Morgan fingerprint density at radius 1 is 1.06 bits per heavy atom. The summed E-state index contributed by atoms with van der Waals surface area (Å²) in [6, 6.07) is 12.7. The van der Waals surface area contributed by atoms with E-state index in [0.29, 0.717) is 6.54 Å². The fraction of sp³-hybridized carbons (Fsp3) is 0.462. The number of carbonyl (C=O) groups is 2. The maximum Gasteiger partial charge on any atom is 0.242 e. The third-order valence-electron chi connectivity index (χ3n) is 5.74. The largest absolute Gasteiger partial charge is 0.354 e. The van der Waals surface area contributed by atoms with Crippen LogP contribution in [0.5, 0.6) is 0 Å². The molecule has 0 saturated carbocycles. The molecule has 0 aliphatic carbocycles. The average Bonchev–Trinajstić information content (AvgIpc) is 2.81. The van der Waals surface area contributed by atoms with Crippen LogP contribution in [0.25, 0.3) is 0 Å². The van der Waals surface area contributed by atoms with Crippen molar-refractivity contribution in [3.63, 3.8) is 0 Å². The summed E-state index contributed by atoms with van der Waals surface area (Å²) < 4.78 is 39.8. The molecular weight excluding hydrogens is 469 g/mol. The van der Waals surface area contributed by atoms with E-state index in [9.17, 15) is 22.4 Å². The summed E-state index contributed by atoms with van der Waals surface area (Å²) in [6.45, 7) is 6.43. The number of sulfonamides is 1. The van der Waals surface area contributed by atoms with Crippen LogP contribution in [0, 0.1) is 12.7 Å². The number of unbranched alkanes of at least 4 members (excludes halogenated alkanes) is 1. The highest BCUT2D eigenvalue weighted by Crippen LogP contribution is 2.22. The summed E-state index contributed by atoms with van der Waals surface area (Å²) in [7, 11) is -3.75. The van der Waals surface area contributed by atoms with Gasteiger partial charge in [-0.05, 0) is 44.4 Å². The van der Waals surface area contributed by atoms with Crippen molar-refractivity contribution in [2.45, 2.75) is 59.0 Å². The van der Waals surface area contributed by atoms with Crippen molar-refractivity contribution in [2.75, 3.05) is 23.7 Å². The fourth-order valence-corrected chi connectivity index (χ4v) is 4.61. The molecule has 0 fully saturated rings. The molecule has 0 aliphatic heterocycles. The lowest BCUT2D eigenvalue weighted by molar-refractivity contribution is -0.140. The molecule has 2 rings (SSSR count). The van der Waals surface area contributed by atoms with Gasteiger partial charge in [0, 0.05) is 26.1 Å². The lowest BCUT2D eigenvalue weighted by atomic mass is 10.1. The van der Waals surface area contributed by atoms with Crippen molar-refractivity contribution < 1.29 is 22.4 Å². The zero-order valence-corrected chi connectivity index (χ0v) is 21.8. The maximum absolute atomic E-state index is 14.3. The van der Waals surface area contributed by atoms with Gasteiger partial charge in [0.05, 0.1) is 11.9 Å². The van der Waals surface area contributed by atoms with E-state index in [2.05, 4.69) is 5.32 Å². The Bertz CT molecular complexity index is 1090. The van der Waals surface area contributed by atoms with E-state index in [1.807, 2.05) is 38.1 Å². The van der Waals surface area contributed by atoms with Crippen LogP contribution in [0.1, 0.15) is 50.7 Å². The van der Waals surface area contributed by atoms with Gasteiger partial charge in [0.1, 0.15) is 11.9 Å². The number of rotatable bonds is 13. The minimum Gasteiger partial charge on any atom is -0.354 e. The van der Waals surface area contributed by atoms with Crippen molar-refractivity contribution in [1.82, 2.24) is 10.2 Å². The topological polar surface area (TPSA) is 86.8 Å². The van der Waals surface area contributed by atoms with Gasteiger partial charge >= 0.3 is 0 Å². The van der Waals surface area contributed by atoms with Gasteiger partial charge in [0.15, 0.2) is 0 Å². The number of nitrogens with one attached hydrogen (secondary N) is 1. The van der Waals surface area contributed by atoms with Gasteiger partial charge in [-0.3, -0.25) is 13.9 Å². The normalized spacial score (nSPS) is 12.1. The summed E-state index contributed by atoms with van der Waals surface area (Å²) >= 11 is 0. The first-order chi connectivity index (χ1) is 16.5. The Kier molecular flexibility index (Phi) is 10.7. The highest BCUT2D eigenvalue weighted by atomic mass is 32.2. The van der Waals surface area contributed by atoms with E-state index in [-0.39, 0.29) is 43.4 Å². The van der Waals surface area contributed by atoms with E-state index >= 15 is 0 Å². The first-order valence-electron chi connectivity index (χ1n) is 11.9. The van der Waals surface area contributed by atoms with Crippen LogP contribution in [0.4, 0.5) is 10.1 Å². The molecule has 9 heteroatoms. The van der Waals surface area contributed by atoms with E-state index in [0.717, 1.165) is 34.5 Å². The third-order valence-corrected chi connectivity index (χ3v) is 6.92. The number of nitrogens with zero attached hydrogens (tertiary/aromatic N) is 2. The second kappa shape index (κ2) is 13.2. The van der Waals surface area contributed by atoms with Crippen LogP contribution in [0.15, 0.2) is 48.5 Å². The molecule has 1 unspecified atom stereocenters. The molecule has 0 aliphatic rings. The van der Waals surface area contributed by atoms with Crippen molar-refractivity contribution in [2.24, 2.45) is 0 Å². The van der Waals surface area contributed by atoms with Crippen molar-refractivity contribution in [3.05, 3.63) is 65.5 Å². The number of hydrogen-bond acceptors (Lipinski definition) is 4. The maximum atomic E-state index is 14.3. The number of anilines is 1. The highest BCUT2D eigenvalue weighted by Gasteiger charge is 2.27. The van der Waals surface area contributed by atoms with Crippen LogP contribution >= 0.6 is 0 Å². The van der Waals surface area contributed by atoms with Gasteiger partial charge < -0.3 is 10.2 Å². The molecule has 2 aromatic rings. The number of carbonyl (C=O) groups excluding carboxylic acids is 2. The average molecular weight is 506 g/mol. The first kappa shape index (κ1) is 28.3. The van der Waals surface area contributed by atoms with E-state index in [1.54, 1.807) is 13.0 Å². The van der Waals surface area contributed by atoms with Crippen LogP contribution in [-0.2, 0) is 26.2 Å². The predicted molar refractivity (Wildman–Crippen MR) is 137 cm³/mol. The quantitative estimate of drug-likeness (QED) is 0.417. The number of amides is 2. The van der Waals surface area contributed by atoms with Gasteiger partial charge in [-0.15, -0.1) is 0 Å². The SMILES string of the molecule is CCCCNC(=O)C(C)N(Cc1ccc(C)cc1)C(=O)CCCN(c1ccccc1F)S(C)(=O)=O. The molecule has 7 nitrogen and oxygen atoms in total. The molecule has 0 radical (unpaired) electrons. The molecule has 35 heavy (non-hydrogen) atoms. The fourth-order valence-electron chi connectivity index (χ4n) is 3.65. The Balaban J connectivity index is 2.14. The monoisotopic (exact) mass is 505 g/mol. The van der Waals surface area contributed by atoms with Crippen molar-refractivity contribution in [3.8, 4) is 0 Å². The smallest absolute Gasteiger partial charge is 0.242 e. The summed E-state index contributed by atoms with van der Waals surface area (Å²) in [5.74, 6) is -1.16. The molecule has 0 aromatic heterocycles. The second-order valence-electron chi connectivity index (χ2n) is 8.72. The van der Waals surface area contributed by atoms with Crippen LogP contribution in [-0.4, -0.2) is 50.5 Å².